The molecule has 0 aliphatic heterocycles. The van der Waals surface area contributed by atoms with Crippen LogP contribution < -0.4 is 20.1 Å². The van der Waals surface area contributed by atoms with Gasteiger partial charge in [0.25, 0.3) is 0 Å². The highest BCUT2D eigenvalue weighted by Crippen LogP contribution is 2.12. The second kappa shape index (κ2) is 8.19. The van der Waals surface area contributed by atoms with Crippen LogP contribution >= 0.6 is 12.2 Å². The van der Waals surface area contributed by atoms with Crippen molar-refractivity contribution in [2.24, 2.45) is 0 Å². The number of rotatable bonds is 6. The van der Waals surface area contributed by atoms with E-state index in [4.69, 9.17) is 21.7 Å². The van der Waals surface area contributed by atoms with Crippen LogP contribution in [0.15, 0.2) is 42.6 Å². The van der Waals surface area contributed by atoms with Gasteiger partial charge in [0.15, 0.2) is 5.11 Å². The zero-order chi connectivity index (χ0) is 15.8. The summed E-state index contributed by atoms with van der Waals surface area (Å²) in [5.74, 6) is 1.44. The number of thiocarbonyl (C=S) groups is 1. The van der Waals surface area contributed by atoms with E-state index >= 15 is 0 Å². The van der Waals surface area contributed by atoms with Crippen LogP contribution in [0.25, 0.3) is 0 Å². The molecule has 116 valence electrons. The summed E-state index contributed by atoms with van der Waals surface area (Å²) < 4.78 is 10.1. The van der Waals surface area contributed by atoms with Gasteiger partial charge in [-0.15, -0.1) is 0 Å². The second-order valence-corrected chi connectivity index (χ2v) is 4.98. The first-order chi connectivity index (χ1) is 10.7. The number of nitrogens with zero attached hydrogens (tertiary/aromatic N) is 1. The first-order valence-corrected chi connectivity index (χ1v) is 7.30. The van der Waals surface area contributed by atoms with Gasteiger partial charge in [-0.25, -0.2) is 4.98 Å². The Kier molecular flexibility index (Phi) is 5.97. The topological polar surface area (TPSA) is 55.4 Å². The van der Waals surface area contributed by atoms with Crippen molar-refractivity contribution in [1.82, 2.24) is 10.3 Å². The molecule has 0 fully saturated rings. The van der Waals surface area contributed by atoms with Crippen molar-refractivity contribution in [3.63, 3.8) is 0 Å². The largest absolute Gasteiger partial charge is 0.497 e. The maximum atomic E-state index is 5.25. The van der Waals surface area contributed by atoms with Crippen LogP contribution in [0.3, 0.4) is 0 Å². The lowest BCUT2D eigenvalue weighted by atomic mass is 10.1. The average Bonchev–Trinajstić information content (AvgIpc) is 2.56. The number of anilines is 1. The number of nitrogens with one attached hydrogen (secondary N) is 2. The zero-order valence-corrected chi connectivity index (χ0v) is 13.4. The maximum absolute atomic E-state index is 5.25. The van der Waals surface area contributed by atoms with Crippen molar-refractivity contribution >= 4 is 23.0 Å². The van der Waals surface area contributed by atoms with Gasteiger partial charge in [0.05, 0.1) is 26.1 Å². The standard InChI is InChI=1S/C16H19N3O2S/c1-20-14-6-3-12(4-7-14)9-10-17-16(22)19-13-5-8-15(21-2)18-11-13/h3-8,11H,9-10H2,1-2H3,(H2,17,19,22). The molecule has 5 nitrogen and oxygen atoms in total. The molecule has 2 rings (SSSR count). The smallest absolute Gasteiger partial charge is 0.213 e. The predicted octanol–water partition coefficient (Wildman–Crippen LogP) is 2.63. The third-order valence-electron chi connectivity index (χ3n) is 3.06. The first-order valence-electron chi connectivity index (χ1n) is 6.89. The minimum absolute atomic E-state index is 0.570. The number of aromatic nitrogens is 1. The maximum Gasteiger partial charge on any atom is 0.213 e. The molecule has 6 heteroatoms. The molecule has 0 spiro atoms. The molecule has 0 saturated heterocycles. The van der Waals surface area contributed by atoms with Gasteiger partial charge in [0.2, 0.25) is 5.88 Å². The fraction of sp³-hybridized carbons (Fsp3) is 0.250. The Labute approximate surface area is 135 Å². The van der Waals surface area contributed by atoms with E-state index in [1.807, 2.05) is 30.3 Å². The van der Waals surface area contributed by atoms with Crippen LogP contribution in [0.2, 0.25) is 0 Å². The van der Waals surface area contributed by atoms with Gasteiger partial charge < -0.3 is 20.1 Å². The van der Waals surface area contributed by atoms with Crippen molar-refractivity contribution in [2.75, 3.05) is 26.1 Å². The monoisotopic (exact) mass is 317 g/mol. The molecule has 2 N–H and O–H groups in total. The first kappa shape index (κ1) is 16.0. The predicted molar refractivity (Wildman–Crippen MR) is 91.7 cm³/mol. The van der Waals surface area contributed by atoms with Gasteiger partial charge in [-0.3, -0.25) is 0 Å². The molecule has 1 aromatic heterocycles. The van der Waals surface area contributed by atoms with E-state index in [0.717, 1.165) is 24.4 Å². The minimum Gasteiger partial charge on any atom is -0.497 e. The Balaban J connectivity index is 1.74. The van der Waals surface area contributed by atoms with E-state index < -0.39 is 0 Å². The van der Waals surface area contributed by atoms with Crippen LogP contribution in [0.5, 0.6) is 11.6 Å². The van der Waals surface area contributed by atoms with Crippen molar-refractivity contribution < 1.29 is 9.47 Å². The van der Waals surface area contributed by atoms with Crippen LogP contribution in [0, 0.1) is 0 Å². The molecule has 22 heavy (non-hydrogen) atoms. The van der Waals surface area contributed by atoms with E-state index in [9.17, 15) is 0 Å². The Morgan fingerprint density at radius 1 is 1.09 bits per heavy atom. The molecule has 1 heterocycles. The summed E-state index contributed by atoms with van der Waals surface area (Å²) in [6, 6.07) is 11.6. The molecule has 0 amide bonds. The van der Waals surface area contributed by atoms with Crippen molar-refractivity contribution in [1.29, 1.82) is 0 Å². The summed E-state index contributed by atoms with van der Waals surface area (Å²) >= 11 is 5.25. The van der Waals surface area contributed by atoms with Gasteiger partial charge in [-0.2, -0.15) is 0 Å². The number of ether oxygens (including phenoxy) is 2. The third kappa shape index (κ3) is 4.89. The highest BCUT2D eigenvalue weighted by atomic mass is 32.1. The average molecular weight is 317 g/mol. The fourth-order valence-electron chi connectivity index (χ4n) is 1.86. The van der Waals surface area contributed by atoms with Crippen LogP contribution in [-0.2, 0) is 6.42 Å². The highest BCUT2D eigenvalue weighted by Gasteiger charge is 2.00. The lowest BCUT2D eigenvalue weighted by Gasteiger charge is -2.10. The highest BCUT2D eigenvalue weighted by molar-refractivity contribution is 7.80. The number of benzene rings is 1. The van der Waals surface area contributed by atoms with E-state index in [1.54, 1.807) is 26.5 Å². The van der Waals surface area contributed by atoms with E-state index in [0.29, 0.717) is 11.0 Å². The second-order valence-electron chi connectivity index (χ2n) is 4.57. The SMILES string of the molecule is COc1ccc(CCNC(=S)Nc2ccc(OC)nc2)cc1. The van der Waals surface area contributed by atoms with Crippen molar-refractivity contribution in [3.8, 4) is 11.6 Å². The Morgan fingerprint density at radius 2 is 1.86 bits per heavy atom. The van der Waals surface area contributed by atoms with Crippen molar-refractivity contribution in [3.05, 3.63) is 48.2 Å². The molecule has 0 saturated carbocycles. The van der Waals surface area contributed by atoms with E-state index in [2.05, 4.69) is 15.6 Å². The van der Waals surface area contributed by atoms with Gasteiger partial charge in [-0.05, 0) is 42.4 Å². The number of methoxy groups -OCH3 is 2. The summed E-state index contributed by atoms with van der Waals surface area (Å²) in [7, 11) is 3.25. The Morgan fingerprint density at radius 3 is 2.45 bits per heavy atom. The van der Waals surface area contributed by atoms with Crippen LogP contribution in [0.4, 0.5) is 5.69 Å². The molecule has 0 aliphatic carbocycles. The minimum atomic E-state index is 0.570. The molecule has 2 aromatic rings. The van der Waals surface area contributed by atoms with Crippen LogP contribution in [-0.4, -0.2) is 30.9 Å². The molecular formula is C16H19N3O2S. The van der Waals surface area contributed by atoms with E-state index in [-0.39, 0.29) is 0 Å². The summed E-state index contributed by atoms with van der Waals surface area (Å²) in [4.78, 5) is 4.11. The Hall–Kier alpha value is -2.34. The number of hydrogen-bond acceptors (Lipinski definition) is 4. The lowest BCUT2D eigenvalue weighted by Crippen LogP contribution is -2.30. The molecule has 0 bridgehead atoms. The zero-order valence-electron chi connectivity index (χ0n) is 12.6. The molecule has 0 unspecified atom stereocenters. The normalized spacial score (nSPS) is 9.91. The summed E-state index contributed by atoms with van der Waals surface area (Å²) in [6.07, 6.45) is 2.56. The van der Waals surface area contributed by atoms with Crippen molar-refractivity contribution in [2.45, 2.75) is 6.42 Å². The summed E-state index contributed by atoms with van der Waals surface area (Å²) in [6.45, 7) is 0.752. The fourth-order valence-corrected chi connectivity index (χ4v) is 2.08. The van der Waals surface area contributed by atoms with Gasteiger partial charge in [0, 0.05) is 12.6 Å². The molecule has 1 aromatic carbocycles. The molecule has 0 aliphatic rings. The van der Waals surface area contributed by atoms with Crippen LogP contribution in [0.1, 0.15) is 5.56 Å². The third-order valence-corrected chi connectivity index (χ3v) is 3.31. The number of pyridine rings is 1. The molecule has 0 atom stereocenters. The molecule has 0 radical (unpaired) electrons. The lowest BCUT2D eigenvalue weighted by molar-refractivity contribution is 0.398. The quantitative estimate of drug-likeness (QED) is 0.799. The Bertz CT molecular complexity index is 600. The summed E-state index contributed by atoms with van der Waals surface area (Å²) in [5.41, 5.74) is 2.05. The van der Waals surface area contributed by atoms with Gasteiger partial charge in [-0.1, -0.05) is 12.1 Å². The number of hydrogen-bond donors (Lipinski definition) is 2. The summed E-state index contributed by atoms with van der Waals surface area (Å²) in [5, 5.41) is 6.82. The van der Waals surface area contributed by atoms with Gasteiger partial charge >= 0.3 is 0 Å². The molecular weight excluding hydrogens is 298 g/mol. The van der Waals surface area contributed by atoms with E-state index in [1.165, 1.54) is 5.56 Å². The van der Waals surface area contributed by atoms with Gasteiger partial charge in [0.1, 0.15) is 5.75 Å².